The zero-order chi connectivity index (χ0) is 21.6. The third-order valence-electron chi connectivity index (χ3n) is 5.51. The van der Waals surface area contributed by atoms with Crippen molar-refractivity contribution in [2.24, 2.45) is 4.99 Å². The number of rotatable bonds is 7. The Kier molecular flexibility index (Phi) is 7.09. The molecule has 1 aliphatic carbocycles. The van der Waals surface area contributed by atoms with E-state index in [1.165, 1.54) is 12.1 Å². The summed E-state index contributed by atoms with van der Waals surface area (Å²) in [7, 11) is -2.16. The molecular formula is C20H29N5O4S. The topological polar surface area (TPSA) is 129 Å². The fourth-order valence-electron chi connectivity index (χ4n) is 3.91. The Morgan fingerprint density at radius 2 is 1.90 bits per heavy atom. The highest BCUT2D eigenvalue weighted by Crippen LogP contribution is 2.28. The van der Waals surface area contributed by atoms with Gasteiger partial charge in [-0.05, 0) is 37.5 Å². The molecule has 0 atom stereocenters. The van der Waals surface area contributed by atoms with Gasteiger partial charge in [0.2, 0.25) is 11.8 Å². The van der Waals surface area contributed by atoms with Crippen LogP contribution in [0.25, 0.3) is 0 Å². The average Bonchev–Trinajstić information content (AvgIpc) is 3.25. The standard InChI is InChI=1S/C20H29N5O4S/c1-21-19(27)20(10-3-2-4-11-20)23-14-18(26)24-15-7-5-8-16(13-15)30(28,29)25-17-9-6-12-22-17/h5,7-8,13,23H,2-4,6,9-12,14H2,1H3,(H,21,27)(H,22,25)(H,24,26). The van der Waals surface area contributed by atoms with Gasteiger partial charge in [-0.1, -0.05) is 25.3 Å². The third-order valence-corrected chi connectivity index (χ3v) is 6.89. The van der Waals surface area contributed by atoms with Gasteiger partial charge < -0.3 is 10.6 Å². The summed E-state index contributed by atoms with van der Waals surface area (Å²) < 4.78 is 27.6. The summed E-state index contributed by atoms with van der Waals surface area (Å²) in [6.07, 6.45) is 5.74. The maximum atomic E-state index is 12.5. The zero-order valence-corrected chi connectivity index (χ0v) is 18.0. The largest absolute Gasteiger partial charge is 0.358 e. The Labute approximate surface area is 177 Å². The molecule has 1 aromatic rings. The van der Waals surface area contributed by atoms with Crippen LogP contribution in [0.4, 0.5) is 5.69 Å². The number of nitrogens with one attached hydrogen (secondary N) is 4. The molecule has 1 saturated carbocycles. The fourth-order valence-corrected chi connectivity index (χ4v) is 5.05. The van der Waals surface area contributed by atoms with E-state index in [0.29, 0.717) is 37.3 Å². The predicted octanol–water partition coefficient (Wildman–Crippen LogP) is 1.13. The monoisotopic (exact) mass is 435 g/mol. The van der Waals surface area contributed by atoms with Gasteiger partial charge in [0.05, 0.1) is 17.0 Å². The van der Waals surface area contributed by atoms with Gasteiger partial charge in [0.15, 0.2) is 0 Å². The van der Waals surface area contributed by atoms with Crippen LogP contribution in [0.5, 0.6) is 0 Å². The maximum absolute atomic E-state index is 12.5. The van der Waals surface area contributed by atoms with Gasteiger partial charge in [0.25, 0.3) is 10.0 Å². The summed E-state index contributed by atoms with van der Waals surface area (Å²) in [5.41, 5.74) is -0.364. The minimum absolute atomic E-state index is 0.0422. The molecule has 9 nitrogen and oxygen atoms in total. The van der Waals surface area contributed by atoms with Crippen LogP contribution in [0.1, 0.15) is 44.9 Å². The van der Waals surface area contributed by atoms with Gasteiger partial charge >= 0.3 is 0 Å². The Morgan fingerprint density at radius 1 is 1.13 bits per heavy atom. The van der Waals surface area contributed by atoms with Crippen molar-refractivity contribution in [1.82, 2.24) is 15.4 Å². The molecule has 0 bridgehead atoms. The molecule has 3 rings (SSSR count). The van der Waals surface area contributed by atoms with E-state index in [4.69, 9.17) is 0 Å². The minimum atomic E-state index is -3.76. The fraction of sp³-hybridized carbons (Fsp3) is 0.550. The number of likely N-dealkylation sites (N-methyl/N-ethyl adjacent to an activating group) is 1. The minimum Gasteiger partial charge on any atom is -0.358 e. The molecule has 1 aliphatic heterocycles. The van der Waals surface area contributed by atoms with E-state index in [0.717, 1.165) is 25.7 Å². The number of nitrogens with zero attached hydrogens (tertiary/aromatic N) is 1. The normalized spacial score (nSPS) is 18.4. The molecule has 1 aromatic carbocycles. The average molecular weight is 436 g/mol. The smallest absolute Gasteiger partial charge is 0.262 e. The van der Waals surface area contributed by atoms with Gasteiger partial charge in [-0.2, -0.15) is 0 Å². The second-order valence-electron chi connectivity index (χ2n) is 7.69. The SMILES string of the molecule is CNC(=O)C1(NCC(=O)Nc2cccc(S(=O)(=O)NC3=NCCC3)c2)CCCCC1. The van der Waals surface area contributed by atoms with Crippen molar-refractivity contribution < 1.29 is 18.0 Å². The highest BCUT2D eigenvalue weighted by molar-refractivity contribution is 7.90. The van der Waals surface area contributed by atoms with Crippen molar-refractivity contribution >= 4 is 33.4 Å². The molecule has 4 N–H and O–H groups in total. The molecule has 1 heterocycles. The summed E-state index contributed by atoms with van der Waals surface area (Å²) in [5.74, 6) is 0.0103. The van der Waals surface area contributed by atoms with Crippen LogP contribution in [0.3, 0.4) is 0 Å². The lowest BCUT2D eigenvalue weighted by molar-refractivity contribution is -0.129. The summed E-state index contributed by atoms with van der Waals surface area (Å²) in [6, 6.07) is 6.07. The quantitative estimate of drug-likeness (QED) is 0.510. The lowest BCUT2D eigenvalue weighted by Crippen LogP contribution is -2.58. The van der Waals surface area contributed by atoms with Crippen molar-refractivity contribution in [3.8, 4) is 0 Å². The number of amides is 2. The number of carbonyl (C=O) groups is 2. The molecule has 2 aliphatic rings. The van der Waals surface area contributed by atoms with E-state index in [2.05, 4.69) is 25.7 Å². The van der Waals surface area contributed by atoms with E-state index >= 15 is 0 Å². The number of anilines is 1. The van der Waals surface area contributed by atoms with Crippen molar-refractivity contribution in [3.05, 3.63) is 24.3 Å². The number of hydrogen-bond donors (Lipinski definition) is 4. The molecule has 0 aromatic heterocycles. The second kappa shape index (κ2) is 9.57. The maximum Gasteiger partial charge on any atom is 0.262 e. The van der Waals surface area contributed by atoms with Crippen LogP contribution in [0.2, 0.25) is 0 Å². The third kappa shape index (κ3) is 5.37. The van der Waals surface area contributed by atoms with Gasteiger partial charge in [-0.25, -0.2) is 8.42 Å². The van der Waals surface area contributed by atoms with E-state index in [1.807, 2.05) is 0 Å². The first kappa shape index (κ1) is 22.2. The summed E-state index contributed by atoms with van der Waals surface area (Å²) in [5, 5.41) is 8.52. The molecule has 2 amide bonds. The summed E-state index contributed by atoms with van der Waals surface area (Å²) >= 11 is 0. The zero-order valence-electron chi connectivity index (χ0n) is 17.2. The second-order valence-corrected chi connectivity index (χ2v) is 9.37. The Balaban J connectivity index is 1.62. The van der Waals surface area contributed by atoms with Crippen molar-refractivity contribution in [2.45, 2.75) is 55.4 Å². The lowest BCUT2D eigenvalue weighted by Gasteiger charge is -2.36. The van der Waals surface area contributed by atoms with E-state index in [-0.39, 0.29) is 23.3 Å². The van der Waals surface area contributed by atoms with Crippen LogP contribution >= 0.6 is 0 Å². The highest BCUT2D eigenvalue weighted by atomic mass is 32.2. The Morgan fingerprint density at radius 3 is 2.57 bits per heavy atom. The van der Waals surface area contributed by atoms with Crippen molar-refractivity contribution in [3.63, 3.8) is 0 Å². The van der Waals surface area contributed by atoms with Crippen LogP contribution in [0.15, 0.2) is 34.2 Å². The number of benzene rings is 1. The van der Waals surface area contributed by atoms with Gasteiger partial charge in [0.1, 0.15) is 5.84 Å². The number of aliphatic imine (C=N–C) groups is 1. The van der Waals surface area contributed by atoms with Gasteiger partial charge in [0, 0.05) is 25.7 Å². The molecule has 10 heteroatoms. The van der Waals surface area contributed by atoms with Gasteiger partial charge in [-0.3, -0.25) is 24.6 Å². The summed E-state index contributed by atoms with van der Waals surface area (Å²) in [6.45, 7) is 0.581. The molecule has 0 saturated heterocycles. The van der Waals surface area contributed by atoms with E-state index in [9.17, 15) is 18.0 Å². The number of sulfonamides is 1. The van der Waals surface area contributed by atoms with Crippen LogP contribution in [-0.2, 0) is 19.6 Å². The Hall–Kier alpha value is -2.46. The lowest BCUT2D eigenvalue weighted by atomic mass is 9.81. The van der Waals surface area contributed by atoms with Crippen LogP contribution < -0.4 is 20.7 Å². The van der Waals surface area contributed by atoms with Gasteiger partial charge in [-0.15, -0.1) is 0 Å². The first-order valence-electron chi connectivity index (χ1n) is 10.3. The molecule has 0 spiro atoms. The number of carbonyl (C=O) groups excluding carboxylic acids is 2. The number of amidine groups is 1. The van der Waals surface area contributed by atoms with Crippen molar-refractivity contribution in [1.29, 1.82) is 0 Å². The molecule has 0 unspecified atom stereocenters. The molecule has 30 heavy (non-hydrogen) atoms. The first-order chi connectivity index (χ1) is 14.3. The van der Waals surface area contributed by atoms with Crippen LogP contribution in [0, 0.1) is 0 Å². The highest BCUT2D eigenvalue weighted by Gasteiger charge is 2.38. The first-order valence-corrected chi connectivity index (χ1v) is 11.8. The predicted molar refractivity (Wildman–Crippen MR) is 115 cm³/mol. The Bertz CT molecular complexity index is 923. The van der Waals surface area contributed by atoms with Crippen molar-refractivity contribution in [2.75, 3.05) is 25.5 Å². The summed E-state index contributed by atoms with van der Waals surface area (Å²) in [4.78, 5) is 29.0. The van der Waals surface area contributed by atoms with Crippen LogP contribution in [-0.4, -0.2) is 51.7 Å². The molecular weight excluding hydrogens is 406 g/mol. The molecule has 0 radical (unpaired) electrons. The number of hydrogen-bond acceptors (Lipinski definition) is 6. The van der Waals surface area contributed by atoms with E-state index in [1.54, 1.807) is 19.2 Å². The van der Waals surface area contributed by atoms with E-state index < -0.39 is 15.6 Å². The molecule has 1 fully saturated rings. The molecule has 164 valence electrons.